The molecule has 0 fully saturated rings. The minimum atomic E-state index is -3.70. The third-order valence-corrected chi connectivity index (χ3v) is 4.77. The molecule has 110 valence electrons. The van der Waals surface area contributed by atoms with Crippen molar-refractivity contribution in [2.24, 2.45) is 0 Å². The summed E-state index contributed by atoms with van der Waals surface area (Å²) in [6.45, 7) is 2.70. The minimum absolute atomic E-state index is 0.174. The average molecular weight is 296 g/mol. The van der Waals surface area contributed by atoms with Crippen LogP contribution < -0.4 is 9.62 Å². The number of hydrogen-bond donors (Lipinski definition) is 1. The molecule has 0 bridgehead atoms. The highest BCUT2D eigenvalue weighted by Crippen LogP contribution is 2.29. The lowest BCUT2D eigenvalue weighted by atomic mass is 10.1. The van der Waals surface area contributed by atoms with E-state index >= 15 is 0 Å². The molecule has 2 rings (SSSR count). The molecule has 0 unspecified atom stereocenters. The number of urea groups is 1. The second kappa shape index (κ2) is 6.26. The molecule has 1 aliphatic rings. The molecule has 0 aromatic heterocycles. The van der Waals surface area contributed by atoms with Gasteiger partial charge in [-0.05, 0) is 18.6 Å². The summed E-state index contributed by atoms with van der Waals surface area (Å²) in [5.74, 6) is 0. The largest absolute Gasteiger partial charge is 0.335 e. The van der Waals surface area contributed by atoms with Gasteiger partial charge < -0.3 is 0 Å². The van der Waals surface area contributed by atoms with E-state index in [2.05, 4.69) is 11.6 Å². The molecule has 1 aromatic rings. The Balaban J connectivity index is 2.11. The number of fused-ring (bicyclic) bond motifs is 1. The van der Waals surface area contributed by atoms with Crippen molar-refractivity contribution in [1.29, 1.82) is 0 Å². The van der Waals surface area contributed by atoms with Gasteiger partial charge in [-0.2, -0.15) is 0 Å². The van der Waals surface area contributed by atoms with Gasteiger partial charge in [-0.1, -0.05) is 44.7 Å². The van der Waals surface area contributed by atoms with Crippen molar-refractivity contribution < 1.29 is 13.2 Å². The highest BCUT2D eigenvalue weighted by molar-refractivity contribution is 7.90. The van der Waals surface area contributed by atoms with Crippen molar-refractivity contribution in [3.8, 4) is 0 Å². The molecule has 0 radical (unpaired) electrons. The smallest absolute Gasteiger partial charge is 0.292 e. The first-order chi connectivity index (χ1) is 9.56. The number of unbranched alkanes of at least 4 members (excludes halogenated alkanes) is 4. The quantitative estimate of drug-likeness (QED) is 0.821. The van der Waals surface area contributed by atoms with Gasteiger partial charge in [-0.15, -0.1) is 0 Å². The summed E-state index contributed by atoms with van der Waals surface area (Å²) < 4.78 is 25.8. The first-order valence-corrected chi connectivity index (χ1v) is 8.48. The highest BCUT2D eigenvalue weighted by Gasteiger charge is 2.32. The molecule has 0 saturated carbocycles. The number of rotatable bonds is 6. The van der Waals surface area contributed by atoms with Crippen LogP contribution in [-0.2, 0) is 10.0 Å². The Labute approximate surface area is 120 Å². The summed E-state index contributed by atoms with van der Waals surface area (Å²) in [6.07, 6.45) is 5.43. The normalized spacial score (nSPS) is 16.6. The summed E-state index contributed by atoms with van der Waals surface area (Å²) in [4.78, 5) is 13.6. The number of benzene rings is 1. The van der Waals surface area contributed by atoms with Crippen molar-refractivity contribution in [2.75, 3.05) is 11.4 Å². The first kappa shape index (κ1) is 14.8. The van der Waals surface area contributed by atoms with Gasteiger partial charge in [0.1, 0.15) is 4.90 Å². The van der Waals surface area contributed by atoms with E-state index in [4.69, 9.17) is 0 Å². The molecule has 5 nitrogen and oxygen atoms in total. The fourth-order valence-corrected chi connectivity index (χ4v) is 3.50. The number of sulfonamides is 1. The Bertz CT molecular complexity index is 584. The molecule has 1 N–H and O–H groups in total. The molecular formula is C14H20N2O3S. The second-order valence-corrected chi connectivity index (χ2v) is 6.60. The van der Waals surface area contributed by atoms with Gasteiger partial charge in [0.15, 0.2) is 0 Å². The predicted molar refractivity (Wildman–Crippen MR) is 78.3 cm³/mol. The van der Waals surface area contributed by atoms with Crippen molar-refractivity contribution >= 4 is 21.7 Å². The maximum Gasteiger partial charge on any atom is 0.335 e. The van der Waals surface area contributed by atoms with E-state index in [0.29, 0.717) is 12.2 Å². The Kier molecular flexibility index (Phi) is 4.65. The van der Waals surface area contributed by atoms with Crippen molar-refractivity contribution in [1.82, 2.24) is 4.72 Å². The number of carbonyl (C=O) groups is 1. The zero-order chi connectivity index (χ0) is 14.6. The van der Waals surface area contributed by atoms with Gasteiger partial charge in [-0.25, -0.2) is 17.9 Å². The predicted octanol–water partition coefficient (Wildman–Crippen LogP) is 2.88. The number of anilines is 1. The summed E-state index contributed by atoms with van der Waals surface area (Å²) in [5.41, 5.74) is 0.478. The van der Waals surface area contributed by atoms with Crippen LogP contribution in [0.15, 0.2) is 29.2 Å². The van der Waals surface area contributed by atoms with Gasteiger partial charge >= 0.3 is 6.03 Å². The third-order valence-electron chi connectivity index (χ3n) is 3.40. The summed E-state index contributed by atoms with van der Waals surface area (Å²) in [6, 6.07) is 6.05. The van der Waals surface area contributed by atoms with Crippen molar-refractivity contribution in [3.05, 3.63) is 24.3 Å². The zero-order valence-corrected chi connectivity index (χ0v) is 12.4. The van der Waals surface area contributed by atoms with Crippen LogP contribution in [0.4, 0.5) is 10.5 Å². The lowest BCUT2D eigenvalue weighted by molar-refractivity contribution is 0.250. The van der Waals surface area contributed by atoms with Gasteiger partial charge in [0.2, 0.25) is 0 Å². The fourth-order valence-electron chi connectivity index (χ4n) is 2.34. The van der Waals surface area contributed by atoms with Crippen LogP contribution in [0.2, 0.25) is 0 Å². The maximum atomic E-state index is 11.9. The molecule has 1 aliphatic heterocycles. The Morgan fingerprint density at radius 3 is 2.55 bits per heavy atom. The molecule has 1 aromatic carbocycles. The number of amides is 2. The average Bonchev–Trinajstić information content (AvgIpc) is 2.41. The first-order valence-electron chi connectivity index (χ1n) is 6.99. The van der Waals surface area contributed by atoms with E-state index in [1.807, 2.05) is 0 Å². The van der Waals surface area contributed by atoms with Crippen LogP contribution in [0.3, 0.4) is 0 Å². The minimum Gasteiger partial charge on any atom is -0.292 e. The molecule has 20 heavy (non-hydrogen) atoms. The second-order valence-electron chi connectivity index (χ2n) is 4.94. The maximum absolute atomic E-state index is 11.9. The standard InChI is InChI=1S/C14H20N2O3S/c1-2-3-4-5-8-11-16-12-9-6-7-10-13(12)20(18,19)15-14(16)17/h6-7,9-10H,2-5,8,11H2,1H3,(H,15,17). The van der Waals surface area contributed by atoms with Crippen LogP contribution >= 0.6 is 0 Å². The molecule has 0 aliphatic carbocycles. The molecule has 6 heteroatoms. The third kappa shape index (κ3) is 3.12. The number of nitrogens with one attached hydrogen (secondary N) is 1. The molecule has 0 spiro atoms. The Morgan fingerprint density at radius 1 is 1.10 bits per heavy atom. The van der Waals surface area contributed by atoms with E-state index < -0.39 is 16.1 Å². The topological polar surface area (TPSA) is 66.5 Å². The van der Waals surface area contributed by atoms with Crippen molar-refractivity contribution in [2.45, 2.75) is 43.9 Å². The van der Waals surface area contributed by atoms with Gasteiger partial charge in [0, 0.05) is 6.54 Å². The summed E-state index contributed by atoms with van der Waals surface area (Å²) in [5, 5.41) is 0. The van der Waals surface area contributed by atoms with Crippen LogP contribution in [0, 0.1) is 0 Å². The number of carbonyl (C=O) groups excluding carboxylic acids is 1. The Morgan fingerprint density at radius 2 is 1.80 bits per heavy atom. The van der Waals surface area contributed by atoms with Gasteiger partial charge in [0.25, 0.3) is 10.0 Å². The number of nitrogens with zero attached hydrogens (tertiary/aromatic N) is 1. The highest BCUT2D eigenvalue weighted by atomic mass is 32.2. The van der Waals surface area contributed by atoms with E-state index in [-0.39, 0.29) is 4.90 Å². The van der Waals surface area contributed by atoms with E-state index in [9.17, 15) is 13.2 Å². The lowest BCUT2D eigenvalue weighted by Crippen LogP contribution is -2.48. The van der Waals surface area contributed by atoms with E-state index in [0.717, 1.165) is 19.3 Å². The van der Waals surface area contributed by atoms with Crippen LogP contribution in [0.1, 0.15) is 39.0 Å². The fraction of sp³-hybridized carbons (Fsp3) is 0.500. The number of para-hydroxylation sites is 1. The van der Waals surface area contributed by atoms with Gasteiger partial charge in [-0.3, -0.25) is 4.90 Å². The molecular weight excluding hydrogens is 276 g/mol. The van der Waals surface area contributed by atoms with E-state index in [1.165, 1.54) is 23.8 Å². The van der Waals surface area contributed by atoms with Crippen LogP contribution in [-0.4, -0.2) is 21.0 Å². The van der Waals surface area contributed by atoms with Gasteiger partial charge in [0.05, 0.1) is 5.69 Å². The molecule has 0 atom stereocenters. The van der Waals surface area contributed by atoms with Crippen LogP contribution in [0.25, 0.3) is 0 Å². The van der Waals surface area contributed by atoms with Crippen molar-refractivity contribution in [3.63, 3.8) is 0 Å². The molecule has 1 heterocycles. The lowest BCUT2D eigenvalue weighted by Gasteiger charge is -2.29. The monoisotopic (exact) mass is 296 g/mol. The zero-order valence-electron chi connectivity index (χ0n) is 11.6. The van der Waals surface area contributed by atoms with E-state index in [1.54, 1.807) is 18.2 Å². The Hall–Kier alpha value is -1.56. The number of hydrogen-bond acceptors (Lipinski definition) is 3. The SMILES string of the molecule is CCCCCCCN1C(=O)NS(=O)(=O)c2ccccc21. The molecule has 2 amide bonds. The summed E-state index contributed by atoms with van der Waals surface area (Å²) in [7, 11) is -3.70. The summed E-state index contributed by atoms with van der Waals surface area (Å²) >= 11 is 0. The molecule has 0 saturated heterocycles. The van der Waals surface area contributed by atoms with Crippen LogP contribution in [0.5, 0.6) is 0 Å².